The van der Waals surface area contributed by atoms with Crippen molar-refractivity contribution in [1.29, 1.82) is 0 Å². The normalized spacial score (nSPS) is 12.2. The zero-order valence-electron chi connectivity index (χ0n) is 18.5. The average Bonchev–Trinajstić information content (AvgIpc) is 3.40. The van der Waals surface area contributed by atoms with E-state index in [1.54, 1.807) is 35.4 Å². The van der Waals surface area contributed by atoms with Gasteiger partial charge in [0.1, 0.15) is 16.5 Å². The van der Waals surface area contributed by atoms with Gasteiger partial charge < -0.3 is 14.9 Å². The van der Waals surface area contributed by atoms with E-state index in [4.69, 9.17) is 0 Å². The zero-order valence-corrected chi connectivity index (χ0v) is 20.1. The van der Waals surface area contributed by atoms with E-state index in [1.165, 1.54) is 29.2 Å². The third-order valence-corrected chi connectivity index (χ3v) is 7.67. The Kier molecular flexibility index (Phi) is 6.94. The predicted octanol–water partition coefficient (Wildman–Crippen LogP) is 3.92. The van der Waals surface area contributed by atoms with Crippen LogP contribution in [-0.2, 0) is 23.6 Å². The molecular weight excluding hydrogens is 461 g/mol. The van der Waals surface area contributed by atoms with Gasteiger partial charge in [-0.1, -0.05) is 6.07 Å². The average molecular weight is 486 g/mol. The van der Waals surface area contributed by atoms with Gasteiger partial charge >= 0.3 is 0 Å². The Morgan fingerprint density at radius 3 is 2.94 bits per heavy atom. The number of rotatable bonds is 8. The van der Waals surface area contributed by atoms with Crippen molar-refractivity contribution in [3.8, 4) is 0 Å². The SMILES string of the molecule is Cc1sc2nc(CS[C@@H](C)C(=O)NCc3ccc(F)c(Cn4ccnc4)c3)[nH]c(=O)c2c1C. The van der Waals surface area contributed by atoms with Crippen LogP contribution in [0.5, 0.6) is 0 Å². The van der Waals surface area contributed by atoms with Crippen LogP contribution >= 0.6 is 23.1 Å². The Hall–Kier alpha value is -2.98. The molecule has 0 radical (unpaired) electrons. The standard InChI is InChI=1S/C23H24FN5O2S2/c1-13-14(2)33-23-20(13)22(31)27-19(28-23)11-32-15(3)21(30)26-9-16-4-5-18(24)17(8-16)10-29-7-6-25-12-29/h4-8,12,15H,9-11H2,1-3H3,(H,26,30)(H,27,28,31)/t15-/m0/s1. The Morgan fingerprint density at radius 2 is 2.18 bits per heavy atom. The number of carbonyl (C=O) groups is 1. The molecule has 4 rings (SSSR count). The van der Waals surface area contributed by atoms with Crippen molar-refractivity contribution in [2.75, 3.05) is 0 Å². The van der Waals surface area contributed by atoms with Crippen molar-refractivity contribution in [3.05, 3.63) is 80.5 Å². The van der Waals surface area contributed by atoms with Crippen LogP contribution in [-0.4, -0.2) is 30.7 Å². The number of amides is 1. The number of thioether (sulfide) groups is 1. The minimum absolute atomic E-state index is 0.133. The highest BCUT2D eigenvalue weighted by atomic mass is 32.2. The Bertz CT molecular complexity index is 1350. The number of nitrogens with zero attached hydrogens (tertiary/aromatic N) is 3. The summed E-state index contributed by atoms with van der Waals surface area (Å²) in [4.78, 5) is 38.1. The first kappa shape index (κ1) is 23.2. The number of halogens is 1. The summed E-state index contributed by atoms with van der Waals surface area (Å²) in [5.41, 5.74) is 2.17. The van der Waals surface area contributed by atoms with Crippen molar-refractivity contribution in [3.63, 3.8) is 0 Å². The van der Waals surface area contributed by atoms with Gasteiger partial charge in [-0.3, -0.25) is 9.59 Å². The molecule has 0 aliphatic rings. The van der Waals surface area contributed by atoms with Crippen molar-refractivity contribution < 1.29 is 9.18 Å². The number of thiophene rings is 1. The molecule has 0 aliphatic heterocycles. The second kappa shape index (κ2) is 9.88. The van der Waals surface area contributed by atoms with Crippen molar-refractivity contribution in [1.82, 2.24) is 24.8 Å². The monoisotopic (exact) mass is 485 g/mol. The molecule has 0 aliphatic carbocycles. The van der Waals surface area contributed by atoms with Gasteiger partial charge in [0, 0.05) is 29.4 Å². The number of fused-ring (bicyclic) bond motifs is 1. The summed E-state index contributed by atoms with van der Waals surface area (Å²) in [6, 6.07) is 4.83. The molecular formula is C23H24FN5O2S2. The van der Waals surface area contributed by atoms with Crippen LogP contribution < -0.4 is 10.9 Å². The summed E-state index contributed by atoms with van der Waals surface area (Å²) < 4.78 is 15.9. The molecule has 2 N–H and O–H groups in total. The molecule has 172 valence electrons. The number of aromatic amines is 1. The lowest BCUT2D eigenvalue weighted by Crippen LogP contribution is -2.30. The van der Waals surface area contributed by atoms with Gasteiger partial charge in [-0.25, -0.2) is 14.4 Å². The lowest BCUT2D eigenvalue weighted by Gasteiger charge is -2.13. The Morgan fingerprint density at radius 1 is 1.36 bits per heavy atom. The van der Waals surface area contributed by atoms with E-state index in [9.17, 15) is 14.0 Å². The van der Waals surface area contributed by atoms with E-state index in [0.717, 1.165) is 20.8 Å². The van der Waals surface area contributed by atoms with E-state index in [1.807, 2.05) is 20.8 Å². The Balaban J connectivity index is 1.34. The molecule has 0 unspecified atom stereocenters. The molecule has 1 atom stereocenters. The zero-order chi connectivity index (χ0) is 23.5. The topological polar surface area (TPSA) is 92.7 Å². The van der Waals surface area contributed by atoms with E-state index in [0.29, 0.717) is 35.6 Å². The smallest absolute Gasteiger partial charge is 0.259 e. The molecule has 0 spiro atoms. The third kappa shape index (κ3) is 5.33. The molecule has 4 aromatic rings. The number of nitrogens with one attached hydrogen (secondary N) is 2. The molecule has 7 nitrogen and oxygen atoms in total. The quantitative estimate of drug-likeness (QED) is 0.395. The first-order chi connectivity index (χ1) is 15.8. The molecule has 0 bridgehead atoms. The number of benzene rings is 1. The fraction of sp³-hybridized carbons (Fsp3) is 0.304. The maximum Gasteiger partial charge on any atom is 0.259 e. The van der Waals surface area contributed by atoms with E-state index >= 15 is 0 Å². The molecule has 0 saturated heterocycles. The van der Waals surface area contributed by atoms with E-state index in [-0.39, 0.29) is 22.5 Å². The van der Waals surface area contributed by atoms with Crippen LogP contribution in [0.4, 0.5) is 4.39 Å². The van der Waals surface area contributed by atoms with E-state index < -0.39 is 0 Å². The molecule has 1 amide bonds. The second-order valence-corrected chi connectivity index (χ2v) is 10.3. The lowest BCUT2D eigenvalue weighted by molar-refractivity contribution is -0.120. The fourth-order valence-electron chi connectivity index (χ4n) is 3.42. The lowest BCUT2D eigenvalue weighted by atomic mass is 10.1. The van der Waals surface area contributed by atoms with Gasteiger partial charge in [0.25, 0.3) is 5.56 Å². The molecule has 10 heteroatoms. The molecule has 0 saturated carbocycles. The Labute approximate surface area is 198 Å². The summed E-state index contributed by atoms with van der Waals surface area (Å²) in [5, 5.41) is 3.20. The number of hydrogen-bond acceptors (Lipinski definition) is 6. The maximum atomic E-state index is 14.1. The van der Waals surface area contributed by atoms with Gasteiger partial charge in [0.05, 0.1) is 29.3 Å². The summed E-state index contributed by atoms with van der Waals surface area (Å²) in [6.45, 7) is 6.39. The van der Waals surface area contributed by atoms with Crippen LogP contribution in [0, 0.1) is 19.7 Å². The highest BCUT2D eigenvalue weighted by Crippen LogP contribution is 2.26. The molecule has 3 heterocycles. The minimum atomic E-state index is -0.344. The van der Waals surface area contributed by atoms with Crippen LogP contribution in [0.15, 0.2) is 41.7 Å². The highest BCUT2D eigenvalue weighted by Gasteiger charge is 2.16. The minimum Gasteiger partial charge on any atom is -0.351 e. The molecule has 3 aromatic heterocycles. The summed E-state index contributed by atoms with van der Waals surface area (Å²) >= 11 is 2.90. The summed E-state index contributed by atoms with van der Waals surface area (Å²) in [7, 11) is 0. The highest BCUT2D eigenvalue weighted by molar-refractivity contribution is 7.99. The molecule has 33 heavy (non-hydrogen) atoms. The summed E-state index contributed by atoms with van der Waals surface area (Å²) in [6.07, 6.45) is 5.05. The number of aromatic nitrogens is 4. The largest absolute Gasteiger partial charge is 0.351 e. The fourth-order valence-corrected chi connectivity index (χ4v) is 5.24. The second-order valence-electron chi connectivity index (χ2n) is 7.81. The summed E-state index contributed by atoms with van der Waals surface area (Å²) in [5.74, 6) is 0.548. The molecule has 0 fully saturated rings. The first-order valence-electron chi connectivity index (χ1n) is 10.4. The number of imidazole rings is 1. The van der Waals surface area contributed by atoms with Gasteiger partial charge in [-0.15, -0.1) is 23.1 Å². The number of aryl methyl sites for hydroxylation is 2. The van der Waals surface area contributed by atoms with Gasteiger partial charge in [0.15, 0.2) is 0 Å². The number of hydrogen-bond donors (Lipinski definition) is 2. The van der Waals surface area contributed by atoms with Gasteiger partial charge in [0.2, 0.25) is 5.91 Å². The van der Waals surface area contributed by atoms with Crippen LogP contribution in [0.25, 0.3) is 10.2 Å². The van der Waals surface area contributed by atoms with Gasteiger partial charge in [-0.2, -0.15) is 0 Å². The van der Waals surface area contributed by atoms with Crippen molar-refractivity contribution in [2.45, 2.75) is 44.9 Å². The number of carbonyl (C=O) groups excluding carboxylic acids is 1. The third-order valence-electron chi connectivity index (χ3n) is 5.42. The first-order valence-corrected chi connectivity index (χ1v) is 12.3. The van der Waals surface area contributed by atoms with Crippen LogP contribution in [0.1, 0.15) is 34.3 Å². The van der Waals surface area contributed by atoms with Crippen LogP contribution in [0.3, 0.4) is 0 Å². The maximum absolute atomic E-state index is 14.1. The predicted molar refractivity (Wildman–Crippen MR) is 130 cm³/mol. The molecule has 1 aromatic carbocycles. The van der Waals surface area contributed by atoms with Crippen molar-refractivity contribution in [2.24, 2.45) is 0 Å². The number of H-pyrrole nitrogens is 1. The van der Waals surface area contributed by atoms with Crippen molar-refractivity contribution >= 4 is 39.2 Å². The van der Waals surface area contributed by atoms with Crippen LogP contribution in [0.2, 0.25) is 0 Å². The van der Waals surface area contributed by atoms with E-state index in [2.05, 4.69) is 20.3 Å². The van der Waals surface area contributed by atoms with Gasteiger partial charge in [-0.05, 0) is 44.0 Å².